The maximum absolute atomic E-state index is 12.7. The highest BCUT2D eigenvalue weighted by Crippen LogP contribution is 2.37. The van der Waals surface area contributed by atoms with E-state index in [4.69, 9.17) is 4.74 Å². The van der Waals surface area contributed by atoms with Crippen molar-refractivity contribution in [1.29, 1.82) is 0 Å². The van der Waals surface area contributed by atoms with Crippen LogP contribution < -0.4 is 0 Å². The number of fused-ring (bicyclic) bond motifs is 1. The van der Waals surface area contributed by atoms with Crippen LogP contribution in [-0.4, -0.2) is 17.6 Å². The number of aryl methyl sites for hydroxylation is 1. The third-order valence-corrected chi connectivity index (χ3v) is 3.92. The smallest absolute Gasteiger partial charge is 0.443 e. The number of thiazole rings is 1. The van der Waals surface area contributed by atoms with Crippen molar-refractivity contribution in [2.45, 2.75) is 32.9 Å². The Bertz CT molecular complexity index is 664. The van der Waals surface area contributed by atoms with Crippen molar-refractivity contribution in [2.75, 3.05) is 6.61 Å². The molecular formula is C14H14F3NO2S. The molecule has 0 saturated heterocycles. The largest absolute Gasteiger partial charge is 0.462 e. The number of carbonyl (C=O) groups is 1. The van der Waals surface area contributed by atoms with Gasteiger partial charge in [-0.15, -0.1) is 11.3 Å². The Morgan fingerprint density at radius 3 is 2.62 bits per heavy atom. The summed E-state index contributed by atoms with van der Waals surface area (Å²) in [6, 6.07) is 2.97. The highest BCUT2D eigenvalue weighted by molar-refractivity contribution is 7.18. The molecule has 0 aliphatic carbocycles. The number of aromatic nitrogens is 1. The maximum atomic E-state index is 12.7. The molecule has 1 aromatic carbocycles. The maximum Gasteiger partial charge on any atom is 0.443 e. The van der Waals surface area contributed by atoms with Crippen LogP contribution in [0.15, 0.2) is 12.1 Å². The van der Waals surface area contributed by atoms with Gasteiger partial charge in [-0.2, -0.15) is 13.2 Å². The molecule has 0 saturated carbocycles. The fourth-order valence-electron chi connectivity index (χ4n) is 1.89. The van der Waals surface area contributed by atoms with Crippen LogP contribution >= 0.6 is 11.3 Å². The van der Waals surface area contributed by atoms with Gasteiger partial charge in [0.05, 0.1) is 22.4 Å². The van der Waals surface area contributed by atoms with Crippen molar-refractivity contribution < 1.29 is 22.7 Å². The van der Waals surface area contributed by atoms with Crippen LogP contribution in [0.5, 0.6) is 0 Å². The van der Waals surface area contributed by atoms with Gasteiger partial charge in [-0.1, -0.05) is 13.8 Å². The number of alkyl halides is 3. The van der Waals surface area contributed by atoms with E-state index in [1.165, 1.54) is 6.07 Å². The third-order valence-electron chi connectivity index (χ3n) is 2.87. The highest BCUT2D eigenvalue weighted by Gasteiger charge is 2.35. The van der Waals surface area contributed by atoms with E-state index < -0.39 is 17.2 Å². The average molecular weight is 317 g/mol. The lowest BCUT2D eigenvalue weighted by atomic mass is 10.1. The van der Waals surface area contributed by atoms with Crippen LogP contribution in [0.25, 0.3) is 10.2 Å². The van der Waals surface area contributed by atoms with Crippen LogP contribution in [-0.2, 0) is 17.3 Å². The van der Waals surface area contributed by atoms with Crippen LogP contribution in [0, 0.1) is 0 Å². The number of halogens is 3. The van der Waals surface area contributed by atoms with Gasteiger partial charge in [0.1, 0.15) is 0 Å². The molecule has 21 heavy (non-hydrogen) atoms. The lowest BCUT2D eigenvalue weighted by Crippen LogP contribution is -2.06. The van der Waals surface area contributed by atoms with Crippen LogP contribution in [0.1, 0.15) is 41.2 Å². The van der Waals surface area contributed by atoms with Gasteiger partial charge in [0, 0.05) is 0 Å². The Labute approximate surface area is 123 Å². The van der Waals surface area contributed by atoms with E-state index in [0.717, 1.165) is 0 Å². The van der Waals surface area contributed by atoms with Crippen LogP contribution in [0.2, 0.25) is 0 Å². The standard InChI is InChI=1S/C14H14F3NO2S/c1-3-5-20-12(19)9-6-8(4-2)11-10(7-9)21-13(18-11)14(15,16)17/h6-7H,3-5H2,1-2H3. The zero-order chi connectivity index (χ0) is 15.6. The van der Waals surface area contributed by atoms with Crippen molar-refractivity contribution in [1.82, 2.24) is 4.98 Å². The zero-order valence-corrected chi connectivity index (χ0v) is 12.4. The first-order valence-electron chi connectivity index (χ1n) is 6.54. The minimum Gasteiger partial charge on any atom is -0.462 e. The van der Waals surface area contributed by atoms with E-state index >= 15 is 0 Å². The zero-order valence-electron chi connectivity index (χ0n) is 11.6. The second-order valence-corrected chi connectivity index (χ2v) is 5.52. The van der Waals surface area contributed by atoms with E-state index in [1.54, 1.807) is 6.07 Å². The molecule has 3 nitrogen and oxygen atoms in total. The molecule has 1 aromatic heterocycles. The number of hydrogen-bond donors (Lipinski definition) is 0. The normalized spacial score (nSPS) is 11.9. The van der Waals surface area contributed by atoms with E-state index in [2.05, 4.69) is 4.98 Å². The summed E-state index contributed by atoms with van der Waals surface area (Å²) in [7, 11) is 0. The van der Waals surface area contributed by atoms with Crippen molar-refractivity contribution in [3.8, 4) is 0 Å². The fourth-order valence-corrected chi connectivity index (χ4v) is 2.81. The molecule has 0 atom stereocenters. The molecule has 2 rings (SSSR count). The molecule has 0 N–H and O–H groups in total. The summed E-state index contributed by atoms with van der Waals surface area (Å²) >= 11 is 0.545. The molecular weight excluding hydrogens is 303 g/mol. The van der Waals surface area contributed by atoms with Crippen molar-refractivity contribution in [3.05, 3.63) is 28.3 Å². The summed E-state index contributed by atoms with van der Waals surface area (Å²) in [5, 5.41) is -0.897. The number of ether oxygens (including phenoxy) is 1. The molecule has 0 aliphatic rings. The third kappa shape index (κ3) is 3.34. The number of esters is 1. The monoisotopic (exact) mass is 317 g/mol. The summed E-state index contributed by atoms with van der Waals surface area (Å²) < 4.78 is 43.6. The lowest BCUT2D eigenvalue weighted by Gasteiger charge is -2.05. The predicted octanol–water partition coefficient (Wildman–Crippen LogP) is 4.44. The van der Waals surface area contributed by atoms with Gasteiger partial charge in [0.2, 0.25) is 0 Å². The summed E-state index contributed by atoms with van der Waals surface area (Å²) in [5.74, 6) is -0.518. The first kappa shape index (κ1) is 15.8. The number of benzene rings is 1. The van der Waals surface area contributed by atoms with Crippen molar-refractivity contribution >= 4 is 27.5 Å². The first-order valence-corrected chi connectivity index (χ1v) is 7.36. The predicted molar refractivity (Wildman–Crippen MR) is 74.6 cm³/mol. The van der Waals surface area contributed by atoms with Gasteiger partial charge >= 0.3 is 12.1 Å². The molecule has 0 fully saturated rings. The lowest BCUT2D eigenvalue weighted by molar-refractivity contribution is -0.137. The topological polar surface area (TPSA) is 39.2 Å². The van der Waals surface area contributed by atoms with Crippen molar-refractivity contribution in [2.24, 2.45) is 0 Å². The summed E-state index contributed by atoms with van der Waals surface area (Å²) in [6.45, 7) is 3.96. The Morgan fingerprint density at radius 1 is 1.33 bits per heavy atom. The SMILES string of the molecule is CCCOC(=O)c1cc(CC)c2nc(C(F)(F)F)sc2c1. The molecule has 0 aliphatic heterocycles. The van der Waals surface area contributed by atoms with Gasteiger partial charge < -0.3 is 4.74 Å². The second kappa shape index (κ2) is 6.01. The number of nitrogens with zero attached hydrogens (tertiary/aromatic N) is 1. The molecule has 114 valence electrons. The van der Waals surface area contributed by atoms with Crippen LogP contribution in [0.3, 0.4) is 0 Å². The first-order chi connectivity index (χ1) is 9.86. The van der Waals surface area contributed by atoms with E-state index in [1.807, 2.05) is 13.8 Å². The molecule has 0 amide bonds. The summed E-state index contributed by atoms with van der Waals surface area (Å²) in [4.78, 5) is 15.5. The van der Waals surface area contributed by atoms with Gasteiger partial charge in [-0.05, 0) is 30.5 Å². The molecule has 0 spiro atoms. The quantitative estimate of drug-likeness (QED) is 0.782. The van der Waals surface area contributed by atoms with E-state index in [0.29, 0.717) is 40.0 Å². The molecule has 0 bridgehead atoms. The summed E-state index contributed by atoms with van der Waals surface area (Å²) in [6.07, 6.45) is -3.29. The summed E-state index contributed by atoms with van der Waals surface area (Å²) in [5.41, 5.74) is 1.19. The van der Waals surface area contributed by atoms with Gasteiger partial charge in [0.25, 0.3) is 0 Å². The van der Waals surface area contributed by atoms with Gasteiger partial charge in [-0.25, -0.2) is 9.78 Å². The molecule has 1 heterocycles. The molecule has 7 heteroatoms. The Balaban J connectivity index is 2.49. The minimum absolute atomic E-state index is 0.269. The Kier molecular flexibility index (Phi) is 4.51. The second-order valence-electron chi connectivity index (χ2n) is 4.49. The molecule has 0 radical (unpaired) electrons. The minimum atomic E-state index is -4.47. The molecule has 0 unspecified atom stereocenters. The highest BCUT2D eigenvalue weighted by atomic mass is 32.1. The van der Waals surface area contributed by atoms with Gasteiger partial charge in [0.15, 0.2) is 5.01 Å². The Hall–Kier alpha value is -1.63. The van der Waals surface area contributed by atoms with E-state index in [-0.39, 0.29) is 12.2 Å². The fraction of sp³-hybridized carbons (Fsp3) is 0.429. The van der Waals surface area contributed by atoms with E-state index in [9.17, 15) is 18.0 Å². The average Bonchev–Trinajstić information content (AvgIpc) is 2.87. The number of carbonyl (C=O) groups excluding carboxylic acids is 1. The number of rotatable bonds is 4. The Morgan fingerprint density at radius 2 is 2.05 bits per heavy atom. The number of hydrogen-bond acceptors (Lipinski definition) is 4. The van der Waals surface area contributed by atoms with Gasteiger partial charge in [-0.3, -0.25) is 0 Å². The van der Waals surface area contributed by atoms with Crippen molar-refractivity contribution in [3.63, 3.8) is 0 Å². The molecule has 2 aromatic rings. The van der Waals surface area contributed by atoms with Crippen LogP contribution in [0.4, 0.5) is 13.2 Å².